The molecule has 2 nitrogen and oxygen atoms in total. The average Bonchev–Trinajstić information content (AvgIpc) is 2.77. The Kier molecular flexibility index (Phi) is 5.53. The summed E-state index contributed by atoms with van der Waals surface area (Å²) in [5.41, 5.74) is 7.27. The van der Waals surface area contributed by atoms with Gasteiger partial charge in [0.1, 0.15) is 0 Å². The zero-order valence-electron chi connectivity index (χ0n) is 13.9. The van der Waals surface area contributed by atoms with Crippen molar-refractivity contribution in [3.63, 3.8) is 0 Å². The van der Waals surface area contributed by atoms with Gasteiger partial charge in [-0.1, -0.05) is 27.2 Å². The highest BCUT2D eigenvalue weighted by molar-refractivity contribution is 4.90. The topological polar surface area (TPSA) is 35.2 Å². The fraction of sp³-hybridized carbons (Fsp3) is 1.00. The summed E-state index contributed by atoms with van der Waals surface area (Å²) in [6, 6.07) is 0. The molecule has 2 rings (SSSR count). The normalized spacial score (nSPS) is 36.0. The third kappa shape index (κ3) is 4.73. The summed E-state index contributed by atoms with van der Waals surface area (Å²) in [4.78, 5) is 0. The van der Waals surface area contributed by atoms with Gasteiger partial charge in [0.05, 0.1) is 6.10 Å². The zero-order valence-corrected chi connectivity index (χ0v) is 13.9. The van der Waals surface area contributed by atoms with E-state index >= 15 is 0 Å². The first-order valence-electron chi connectivity index (χ1n) is 8.80. The lowest BCUT2D eigenvalue weighted by Crippen LogP contribution is -2.39. The molecule has 0 bridgehead atoms. The van der Waals surface area contributed by atoms with E-state index in [-0.39, 0.29) is 5.54 Å². The second-order valence-corrected chi connectivity index (χ2v) is 8.38. The van der Waals surface area contributed by atoms with Gasteiger partial charge in [0.2, 0.25) is 0 Å². The summed E-state index contributed by atoms with van der Waals surface area (Å²) >= 11 is 0. The van der Waals surface area contributed by atoms with Crippen molar-refractivity contribution in [2.24, 2.45) is 17.1 Å². The van der Waals surface area contributed by atoms with Crippen molar-refractivity contribution in [1.82, 2.24) is 0 Å². The third-order valence-corrected chi connectivity index (χ3v) is 5.67. The second kappa shape index (κ2) is 6.79. The Morgan fingerprint density at radius 3 is 2.55 bits per heavy atom. The maximum Gasteiger partial charge on any atom is 0.0576 e. The maximum atomic E-state index is 6.71. The van der Waals surface area contributed by atoms with E-state index < -0.39 is 0 Å². The largest absolute Gasteiger partial charge is 0.378 e. The Labute approximate surface area is 125 Å². The number of nitrogens with two attached hydrogens (primary N) is 1. The molecule has 0 spiro atoms. The number of ether oxygens (including phenoxy) is 1. The molecule has 2 heteroatoms. The highest BCUT2D eigenvalue weighted by Crippen LogP contribution is 2.40. The van der Waals surface area contributed by atoms with Crippen molar-refractivity contribution < 1.29 is 4.74 Å². The highest BCUT2D eigenvalue weighted by Gasteiger charge is 2.33. The first-order chi connectivity index (χ1) is 9.39. The zero-order chi connectivity index (χ0) is 14.6. The molecule has 1 heterocycles. The molecule has 2 N–H and O–H groups in total. The van der Waals surface area contributed by atoms with Gasteiger partial charge in [-0.15, -0.1) is 0 Å². The fourth-order valence-corrected chi connectivity index (χ4v) is 4.10. The first kappa shape index (κ1) is 16.3. The lowest BCUT2D eigenvalue weighted by molar-refractivity contribution is 0.0995. The van der Waals surface area contributed by atoms with Crippen LogP contribution in [0.1, 0.15) is 85.0 Å². The van der Waals surface area contributed by atoms with Crippen molar-refractivity contribution >= 4 is 0 Å². The van der Waals surface area contributed by atoms with Gasteiger partial charge in [-0.05, 0) is 69.1 Å². The lowest BCUT2D eigenvalue weighted by Gasteiger charge is -2.31. The minimum absolute atomic E-state index is 0.110. The smallest absolute Gasteiger partial charge is 0.0576 e. The van der Waals surface area contributed by atoms with Crippen LogP contribution in [0.3, 0.4) is 0 Å². The van der Waals surface area contributed by atoms with E-state index in [1.54, 1.807) is 0 Å². The van der Waals surface area contributed by atoms with Crippen LogP contribution in [0.2, 0.25) is 0 Å². The molecule has 1 aliphatic heterocycles. The van der Waals surface area contributed by atoms with E-state index in [1.807, 2.05) is 0 Å². The monoisotopic (exact) mass is 281 g/mol. The van der Waals surface area contributed by atoms with E-state index in [1.165, 1.54) is 64.2 Å². The molecule has 2 aliphatic rings. The van der Waals surface area contributed by atoms with E-state index in [0.29, 0.717) is 11.5 Å². The fourth-order valence-electron chi connectivity index (χ4n) is 4.10. The molecule has 0 aromatic heterocycles. The minimum atomic E-state index is 0.110. The molecule has 3 unspecified atom stereocenters. The molecule has 20 heavy (non-hydrogen) atoms. The van der Waals surface area contributed by atoms with Crippen molar-refractivity contribution in [1.29, 1.82) is 0 Å². The third-order valence-electron chi connectivity index (χ3n) is 5.67. The molecule has 1 aliphatic carbocycles. The first-order valence-corrected chi connectivity index (χ1v) is 8.80. The molecule has 0 amide bonds. The summed E-state index contributed by atoms with van der Waals surface area (Å²) in [7, 11) is 0. The number of hydrogen-bond donors (Lipinski definition) is 1. The van der Waals surface area contributed by atoms with Gasteiger partial charge in [0.15, 0.2) is 0 Å². The summed E-state index contributed by atoms with van der Waals surface area (Å²) in [5.74, 6) is 0.853. The summed E-state index contributed by atoms with van der Waals surface area (Å²) < 4.78 is 5.72. The van der Waals surface area contributed by atoms with Gasteiger partial charge in [-0.25, -0.2) is 0 Å². The predicted molar refractivity (Wildman–Crippen MR) is 85.8 cm³/mol. The van der Waals surface area contributed by atoms with Crippen LogP contribution in [0.15, 0.2) is 0 Å². The van der Waals surface area contributed by atoms with Crippen molar-refractivity contribution in [2.75, 3.05) is 6.61 Å². The van der Waals surface area contributed by atoms with E-state index in [0.717, 1.165) is 12.5 Å². The molecule has 2 fully saturated rings. The van der Waals surface area contributed by atoms with Crippen LogP contribution >= 0.6 is 0 Å². The van der Waals surface area contributed by atoms with Crippen LogP contribution in [0.5, 0.6) is 0 Å². The number of hydrogen-bond acceptors (Lipinski definition) is 2. The van der Waals surface area contributed by atoms with Gasteiger partial charge < -0.3 is 10.5 Å². The second-order valence-electron chi connectivity index (χ2n) is 8.38. The quantitative estimate of drug-likeness (QED) is 0.761. The SMILES string of the molecule is CC(C)(C)C1CCCC(N)(CCCC2CCCO2)CC1. The van der Waals surface area contributed by atoms with Crippen LogP contribution in [0, 0.1) is 11.3 Å². The van der Waals surface area contributed by atoms with Crippen molar-refractivity contribution in [3.8, 4) is 0 Å². The van der Waals surface area contributed by atoms with Crippen molar-refractivity contribution in [3.05, 3.63) is 0 Å². The molecule has 0 aromatic rings. The Morgan fingerprint density at radius 1 is 1.10 bits per heavy atom. The molecule has 1 saturated heterocycles. The van der Waals surface area contributed by atoms with Gasteiger partial charge >= 0.3 is 0 Å². The van der Waals surface area contributed by atoms with E-state index in [2.05, 4.69) is 20.8 Å². The Hall–Kier alpha value is -0.0800. The summed E-state index contributed by atoms with van der Waals surface area (Å²) in [6.45, 7) is 8.14. The highest BCUT2D eigenvalue weighted by atomic mass is 16.5. The molecule has 1 saturated carbocycles. The average molecular weight is 281 g/mol. The van der Waals surface area contributed by atoms with Crippen LogP contribution in [-0.4, -0.2) is 18.2 Å². The summed E-state index contributed by atoms with van der Waals surface area (Å²) in [6.07, 6.45) is 13.2. The van der Waals surface area contributed by atoms with Crippen LogP contribution in [0.25, 0.3) is 0 Å². The molecule has 3 atom stereocenters. The number of rotatable bonds is 4. The molecule has 118 valence electrons. The van der Waals surface area contributed by atoms with E-state index in [9.17, 15) is 0 Å². The van der Waals surface area contributed by atoms with E-state index in [4.69, 9.17) is 10.5 Å². The van der Waals surface area contributed by atoms with Gasteiger partial charge in [-0.3, -0.25) is 0 Å². The standard InChI is InChI=1S/C18H35NO/c1-17(2,3)15-7-4-11-18(19,13-10-15)12-5-8-16-9-6-14-20-16/h15-16H,4-14,19H2,1-3H3. The van der Waals surface area contributed by atoms with Gasteiger partial charge in [-0.2, -0.15) is 0 Å². The van der Waals surface area contributed by atoms with Crippen molar-refractivity contribution in [2.45, 2.75) is 96.6 Å². The van der Waals surface area contributed by atoms with Crippen LogP contribution in [0.4, 0.5) is 0 Å². The summed E-state index contributed by atoms with van der Waals surface area (Å²) in [5, 5.41) is 0. The maximum absolute atomic E-state index is 6.71. The Balaban J connectivity index is 1.75. The van der Waals surface area contributed by atoms with Crippen LogP contribution in [-0.2, 0) is 4.74 Å². The molecular formula is C18H35NO. The molecular weight excluding hydrogens is 246 g/mol. The van der Waals surface area contributed by atoms with Crippen LogP contribution < -0.4 is 5.73 Å². The van der Waals surface area contributed by atoms with Gasteiger partial charge in [0, 0.05) is 12.1 Å². The van der Waals surface area contributed by atoms with Gasteiger partial charge in [0.25, 0.3) is 0 Å². The minimum Gasteiger partial charge on any atom is -0.378 e. The molecule has 0 radical (unpaired) electrons. The Bertz CT molecular complexity index is 290. The Morgan fingerprint density at radius 2 is 1.90 bits per heavy atom. The lowest BCUT2D eigenvalue weighted by atomic mass is 9.76. The molecule has 0 aromatic carbocycles. The predicted octanol–water partition coefficient (Wildman–Crippen LogP) is 4.66.